The Morgan fingerprint density at radius 2 is 0.574 bits per heavy atom. The summed E-state index contributed by atoms with van der Waals surface area (Å²) in [6.45, 7) is 4.05. The van der Waals surface area contributed by atoms with Crippen molar-refractivity contribution in [1.29, 1.82) is 0 Å². The first-order chi connectivity index (χ1) is 46.0. The minimum Gasteiger partial charge on any atom is -0.756 e. The predicted octanol–water partition coefficient (Wildman–Crippen LogP) is 25.3. The van der Waals surface area contributed by atoms with Gasteiger partial charge in [-0.25, -0.2) is 0 Å². The summed E-state index contributed by atoms with van der Waals surface area (Å²) in [5.41, 5.74) is 0. The zero-order valence-corrected chi connectivity index (χ0v) is 62.5. The Balaban J connectivity index is 3.98. The van der Waals surface area contributed by atoms with Crippen LogP contribution in [0.4, 0.5) is 0 Å². The van der Waals surface area contributed by atoms with Crippen molar-refractivity contribution in [2.75, 3.05) is 47.5 Å². The van der Waals surface area contributed by atoms with E-state index in [-0.39, 0.29) is 32.0 Å². The van der Waals surface area contributed by atoms with Gasteiger partial charge in [0.15, 0.2) is 6.10 Å². The number of allylic oxidation sites excluding steroid dienone is 22. The van der Waals surface area contributed by atoms with E-state index < -0.39 is 26.5 Å². The molecule has 0 aromatic heterocycles. The highest BCUT2D eigenvalue weighted by molar-refractivity contribution is 7.45. The number of phosphoric acid groups is 1. The third kappa shape index (κ3) is 77.2. The SMILES string of the molecule is CC/C=C\C/C=C\C/C=C\C/C=C\C/C=C\C/C=C\C/C=C\CCCCCCCCCCCCCCCCCCCC(=O)OC(COC(=O)CCCCCCCCCCCCCCCCCCCC/C=C\C/C=C\C/C=C\C/C=C\CC)COP(=O)([O-])OCC[N+](C)(C)C. The van der Waals surface area contributed by atoms with Gasteiger partial charge in [-0.15, -0.1) is 0 Å². The molecule has 0 N–H and O–H groups in total. The largest absolute Gasteiger partial charge is 0.756 e. The van der Waals surface area contributed by atoms with Crippen LogP contribution in [-0.4, -0.2) is 70.0 Å². The fraction of sp³-hybridized carbons (Fsp3) is 0.714. The van der Waals surface area contributed by atoms with E-state index in [0.29, 0.717) is 17.4 Å². The van der Waals surface area contributed by atoms with Crippen LogP contribution < -0.4 is 4.89 Å². The second kappa shape index (κ2) is 73.4. The molecule has 0 saturated carbocycles. The van der Waals surface area contributed by atoms with Crippen LogP contribution in [0.25, 0.3) is 0 Å². The van der Waals surface area contributed by atoms with E-state index in [9.17, 15) is 19.0 Å². The highest BCUT2D eigenvalue weighted by atomic mass is 31.2. The minimum atomic E-state index is -4.65. The molecule has 0 aromatic carbocycles. The normalized spacial score (nSPS) is 13.8. The third-order valence-corrected chi connectivity index (χ3v) is 17.6. The number of hydrogen-bond donors (Lipinski definition) is 0. The summed E-state index contributed by atoms with van der Waals surface area (Å²) in [6.07, 6.45) is 107. The van der Waals surface area contributed by atoms with Crippen molar-refractivity contribution in [1.82, 2.24) is 0 Å². The van der Waals surface area contributed by atoms with Gasteiger partial charge in [0, 0.05) is 12.8 Å². The van der Waals surface area contributed by atoms with Crippen LogP contribution in [0.2, 0.25) is 0 Å². The van der Waals surface area contributed by atoms with Gasteiger partial charge in [0.05, 0.1) is 27.7 Å². The summed E-state index contributed by atoms with van der Waals surface area (Å²) >= 11 is 0. The van der Waals surface area contributed by atoms with Crippen molar-refractivity contribution >= 4 is 19.8 Å². The number of hydrogen-bond acceptors (Lipinski definition) is 8. The lowest BCUT2D eigenvalue weighted by molar-refractivity contribution is -0.870. The molecule has 0 fully saturated rings. The molecule has 2 atom stereocenters. The maximum atomic E-state index is 12.9. The van der Waals surface area contributed by atoms with Crippen molar-refractivity contribution in [3.05, 3.63) is 134 Å². The molecule has 0 spiro atoms. The molecule has 0 bridgehead atoms. The highest BCUT2D eigenvalue weighted by Crippen LogP contribution is 2.38. The summed E-state index contributed by atoms with van der Waals surface area (Å²) < 4.78 is 34.4. The second-order valence-corrected chi connectivity index (χ2v) is 28.4. The van der Waals surface area contributed by atoms with Crippen molar-refractivity contribution in [3.63, 3.8) is 0 Å². The average molecular weight is 1330 g/mol. The second-order valence-electron chi connectivity index (χ2n) is 27.0. The topological polar surface area (TPSA) is 111 Å². The lowest BCUT2D eigenvalue weighted by Crippen LogP contribution is -2.37. The summed E-state index contributed by atoms with van der Waals surface area (Å²) in [4.78, 5) is 38.2. The van der Waals surface area contributed by atoms with Crippen LogP contribution in [0.5, 0.6) is 0 Å². The lowest BCUT2D eigenvalue weighted by Gasteiger charge is -2.28. The van der Waals surface area contributed by atoms with Gasteiger partial charge in [0.1, 0.15) is 19.8 Å². The van der Waals surface area contributed by atoms with Crippen molar-refractivity contribution < 1.29 is 42.1 Å². The molecule has 540 valence electrons. The number of rotatable bonds is 71. The lowest BCUT2D eigenvalue weighted by atomic mass is 10.0. The molecule has 9 nitrogen and oxygen atoms in total. The summed E-state index contributed by atoms with van der Waals surface area (Å²) in [6, 6.07) is 0. The zero-order valence-electron chi connectivity index (χ0n) is 61.6. The first kappa shape index (κ1) is 90.2. The third-order valence-electron chi connectivity index (χ3n) is 16.7. The first-order valence-electron chi connectivity index (χ1n) is 38.9. The molecule has 0 amide bonds. The van der Waals surface area contributed by atoms with Gasteiger partial charge in [-0.1, -0.05) is 347 Å². The van der Waals surface area contributed by atoms with Crippen molar-refractivity contribution in [2.24, 2.45) is 0 Å². The number of ether oxygens (including phenoxy) is 2. The number of phosphoric ester groups is 1. The smallest absolute Gasteiger partial charge is 0.306 e. The van der Waals surface area contributed by atoms with E-state index >= 15 is 0 Å². The first-order valence-corrected chi connectivity index (χ1v) is 40.4. The molecule has 10 heteroatoms. The number of quaternary nitrogens is 1. The van der Waals surface area contributed by atoms with Crippen LogP contribution in [0, 0.1) is 0 Å². The quantitative estimate of drug-likeness (QED) is 0.0195. The summed E-state index contributed by atoms with van der Waals surface area (Å²) in [7, 11) is 1.17. The van der Waals surface area contributed by atoms with Gasteiger partial charge in [-0.3, -0.25) is 14.2 Å². The van der Waals surface area contributed by atoms with Crippen molar-refractivity contribution in [2.45, 2.75) is 341 Å². The minimum absolute atomic E-state index is 0.0333. The Bertz CT molecular complexity index is 2050. The molecule has 0 heterocycles. The Morgan fingerprint density at radius 3 is 0.851 bits per heavy atom. The molecule has 0 aromatic rings. The standard InChI is InChI=1S/C84H146NO8P/c1-6-8-10-12-14-16-18-20-22-24-26-28-30-32-34-36-38-39-40-41-42-43-44-45-47-49-51-53-55-57-59-61-63-65-67-69-71-73-75-77-84(87)93-82(81-92-94(88,89)91-79-78-85(3,4)5)80-90-83(86)76-74-72-70-68-66-64-62-60-58-56-54-52-50-48-46-37-35-33-31-29-27-25-23-21-19-17-15-13-11-9-7-2/h8-11,14-17,20-23,26-29,32,34,38-39,41-42,82H,6-7,12-13,18-19,24-25,30-31,33,35-37,40,43-81H2,1-5H3/b10-8-,11-9-,16-14-,17-15-,22-20-,23-21-,28-26-,29-27-,34-32-,39-38-,42-41-. The number of esters is 2. The summed E-state index contributed by atoms with van der Waals surface area (Å²) in [5.74, 6) is -0.823. The molecular weight excluding hydrogens is 1180 g/mol. The fourth-order valence-electron chi connectivity index (χ4n) is 10.8. The van der Waals surface area contributed by atoms with E-state index in [0.717, 1.165) is 109 Å². The number of carbonyl (C=O) groups is 2. The van der Waals surface area contributed by atoms with Crippen LogP contribution in [0.1, 0.15) is 335 Å². The average Bonchev–Trinajstić information content (AvgIpc) is 1.56. The van der Waals surface area contributed by atoms with Crippen LogP contribution in [0.15, 0.2) is 134 Å². The number of unbranched alkanes of at least 4 members (excludes halogenated alkanes) is 35. The monoisotopic (exact) mass is 1330 g/mol. The van der Waals surface area contributed by atoms with Gasteiger partial charge < -0.3 is 27.9 Å². The molecule has 0 radical (unpaired) electrons. The maximum Gasteiger partial charge on any atom is 0.306 e. The maximum absolute atomic E-state index is 12.9. The van der Waals surface area contributed by atoms with Crippen LogP contribution in [-0.2, 0) is 32.7 Å². The molecule has 2 unspecified atom stereocenters. The van der Waals surface area contributed by atoms with Gasteiger partial charge in [0.2, 0.25) is 0 Å². The van der Waals surface area contributed by atoms with E-state index in [1.165, 1.54) is 193 Å². The van der Waals surface area contributed by atoms with E-state index in [2.05, 4.69) is 148 Å². The number of likely N-dealkylation sites (N-methyl/N-ethyl adjacent to an activating group) is 1. The van der Waals surface area contributed by atoms with Gasteiger partial charge >= 0.3 is 11.9 Å². The Morgan fingerprint density at radius 1 is 0.330 bits per heavy atom. The molecule has 94 heavy (non-hydrogen) atoms. The predicted molar refractivity (Wildman–Crippen MR) is 406 cm³/mol. The Labute approximate surface area is 581 Å². The molecule has 0 aliphatic carbocycles. The highest BCUT2D eigenvalue weighted by Gasteiger charge is 2.22. The molecule has 0 rings (SSSR count). The molecular formula is C84H146NO8P. The van der Waals surface area contributed by atoms with E-state index in [1.807, 2.05) is 21.1 Å². The zero-order chi connectivity index (χ0) is 68.3. The van der Waals surface area contributed by atoms with E-state index in [4.69, 9.17) is 18.5 Å². The summed E-state index contributed by atoms with van der Waals surface area (Å²) in [5, 5.41) is 0. The number of carbonyl (C=O) groups excluding carboxylic acids is 2. The molecule has 0 aliphatic heterocycles. The Kier molecular flexibility index (Phi) is 70.4. The van der Waals surface area contributed by atoms with E-state index in [1.54, 1.807) is 0 Å². The van der Waals surface area contributed by atoms with Crippen LogP contribution >= 0.6 is 7.82 Å². The van der Waals surface area contributed by atoms with Gasteiger partial charge in [-0.2, -0.15) is 0 Å². The molecule has 0 aliphatic rings. The molecule has 0 saturated heterocycles. The van der Waals surface area contributed by atoms with Gasteiger partial charge in [0.25, 0.3) is 7.82 Å². The van der Waals surface area contributed by atoms with Crippen LogP contribution in [0.3, 0.4) is 0 Å². The van der Waals surface area contributed by atoms with Crippen molar-refractivity contribution in [3.8, 4) is 0 Å². The Hall–Kier alpha value is -3.85. The van der Waals surface area contributed by atoms with Gasteiger partial charge in [-0.05, 0) is 109 Å². The number of nitrogens with zero attached hydrogens (tertiary/aromatic N) is 1. The fourth-order valence-corrected chi connectivity index (χ4v) is 11.5.